The van der Waals surface area contributed by atoms with Crippen LogP contribution in [0.25, 0.3) is 20.3 Å². The standard InChI is InChI=1S/C27H27FN4O4S2/c28-17-9-11-18(12-10-17)30-23(34)16-37-27-31-24-20-6-1-2-7-21(20)38-25(24)26(35)32(27)13-3-8-22(33)29-15-19-5-4-14-36-19/h1-2,6-7,9-12,19H,3-5,8,13-16H2,(H,29,33)(H,30,34). The number of carbonyl (C=O) groups is 2. The molecular formula is C27H27FN4O4S2. The first kappa shape index (κ1) is 26.3. The van der Waals surface area contributed by atoms with Gasteiger partial charge < -0.3 is 15.4 Å². The highest BCUT2D eigenvalue weighted by molar-refractivity contribution is 7.99. The van der Waals surface area contributed by atoms with Gasteiger partial charge in [0.2, 0.25) is 11.8 Å². The predicted octanol–water partition coefficient (Wildman–Crippen LogP) is 4.56. The van der Waals surface area contributed by atoms with Gasteiger partial charge in [-0.1, -0.05) is 30.0 Å². The Balaban J connectivity index is 1.31. The van der Waals surface area contributed by atoms with Crippen LogP contribution in [0.5, 0.6) is 0 Å². The molecule has 38 heavy (non-hydrogen) atoms. The normalized spacial score (nSPS) is 15.2. The lowest BCUT2D eigenvalue weighted by atomic mass is 10.2. The average molecular weight is 555 g/mol. The van der Waals surface area contributed by atoms with Gasteiger partial charge in [0.15, 0.2) is 5.16 Å². The zero-order valence-electron chi connectivity index (χ0n) is 20.6. The van der Waals surface area contributed by atoms with Crippen molar-refractivity contribution in [3.8, 4) is 0 Å². The SMILES string of the molecule is O=C(CCCn1c(SCC(=O)Nc2ccc(F)cc2)nc2c(sc3ccccc32)c1=O)NCC1CCCO1. The number of rotatable bonds is 10. The Hall–Kier alpha value is -3.28. The monoisotopic (exact) mass is 554 g/mol. The van der Waals surface area contributed by atoms with Gasteiger partial charge in [-0.15, -0.1) is 11.3 Å². The van der Waals surface area contributed by atoms with Crippen molar-refractivity contribution in [1.82, 2.24) is 14.9 Å². The Morgan fingerprint density at radius 1 is 1.16 bits per heavy atom. The van der Waals surface area contributed by atoms with Gasteiger partial charge in [0.1, 0.15) is 10.5 Å². The second-order valence-corrected chi connectivity index (χ2v) is 11.0. The fraction of sp³-hybridized carbons (Fsp3) is 0.333. The van der Waals surface area contributed by atoms with Gasteiger partial charge in [0, 0.05) is 41.9 Å². The maximum Gasteiger partial charge on any atom is 0.272 e. The molecule has 0 saturated carbocycles. The van der Waals surface area contributed by atoms with Crippen molar-refractivity contribution in [3.63, 3.8) is 0 Å². The highest BCUT2D eigenvalue weighted by atomic mass is 32.2. The molecule has 2 N–H and O–H groups in total. The molecule has 8 nitrogen and oxygen atoms in total. The second-order valence-electron chi connectivity index (χ2n) is 9.01. The number of carbonyl (C=O) groups excluding carboxylic acids is 2. The Labute approximate surface area is 226 Å². The average Bonchev–Trinajstić information content (AvgIpc) is 3.57. The minimum Gasteiger partial charge on any atom is -0.376 e. The zero-order chi connectivity index (χ0) is 26.5. The van der Waals surface area contributed by atoms with E-state index in [1.165, 1.54) is 35.6 Å². The number of ether oxygens (including phenoxy) is 1. The summed E-state index contributed by atoms with van der Waals surface area (Å²) in [4.78, 5) is 43.2. The summed E-state index contributed by atoms with van der Waals surface area (Å²) in [6, 6.07) is 13.2. The first-order valence-electron chi connectivity index (χ1n) is 12.5. The molecule has 1 unspecified atom stereocenters. The van der Waals surface area contributed by atoms with Gasteiger partial charge >= 0.3 is 0 Å². The lowest BCUT2D eigenvalue weighted by molar-refractivity contribution is -0.121. The molecule has 2 aromatic carbocycles. The van der Waals surface area contributed by atoms with E-state index in [0.717, 1.165) is 41.3 Å². The molecule has 4 aromatic rings. The number of amides is 2. The topological polar surface area (TPSA) is 102 Å². The summed E-state index contributed by atoms with van der Waals surface area (Å²) in [5.41, 5.74) is 0.913. The molecule has 3 heterocycles. The van der Waals surface area contributed by atoms with Gasteiger partial charge in [-0.25, -0.2) is 9.37 Å². The van der Waals surface area contributed by atoms with E-state index in [1.807, 2.05) is 24.3 Å². The lowest BCUT2D eigenvalue weighted by Crippen LogP contribution is -2.32. The van der Waals surface area contributed by atoms with Crippen molar-refractivity contribution < 1.29 is 18.7 Å². The summed E-state index contributed by atoms with van der Waals surface area (Å²) in [5, 5.41) is 6.94. The molecular weight excluding hydrogens is 527 g/mol. The molecule has 1 aliphatic rings. The third kappa shape index (κ3) is 6.23. The van der Waals surface area contributed by atoms with E-state index < -0.39 is 0 Å². The van der Waals surface area contributed by atoms with Gasteiger partial charge in [-0.05, 0) is 49.6 Å². The second kappa shape index (κ2) is 12.1. The van der Waals surface area contributed by atoms with Gasteiger partial charge in [-0.2, -0.15) is 0 Å². The minimum absolute atomic E-state index is 0.0132. The van der Waals surface area contributed by atoms with E-state index in [4.69, 9.17) is 9.72 Å². The van der Waals surface area contributed by atoms with E-state index in [1.54, 1.807) is 4.57 Å². The van der Waals surface area contributed by atoms with Gasteiger partial charge in [0.25, 0.3) is 5.56 Å². The molecule has 1 atom stereocenters. The van der Waals surface area contributed by atoms with E-state index in [2.05, 4.69) is 10.6 Å². The summed E-state index contributed by atoms with van der Waals surface area (Å²) >= 11 is 2.55. The third-order valence-corrected chi connectivity index (χ3v) is 8.37. The molecule has 0 spiro atoms. The quantitative estimate of drug-likeness (QED) is 0.220. The number of thiophene rings is 1. The van der Waals surface area contributed by atoms with Crippen molar-refractivity contribution in [1.29, 1.82) is 0 Å². The highest BCUT2D eigenvalue weighted by Gasteiger charge is 2.19. The molecule has 198 valence electrons. The smallest absolute Gasteiger partial charge is 0.272 e. The van der Waals surface area contributed by atoms with Crippen molar-refractivity contribution in [3.05, 3.63) is 64.7 Å². The number of thioether (sulfide) groups is 1. The van der Waals surface area contributed by atoms with E-state index >= 15 is 0 Å². The Morgan fingerprint density at radius 3 is 2.76 bits per heavy atom. The van der Waals surface area contributed by atoms with Crippen LogP contribution in [0.15, 0.2) is 58.5 Å². The number of halogens is 1. The van der Waals surface area contributed by atoms with Crippen LogP contribution in [0.2, 0.25) is 0 Å². The minimum atomic E-state index is -0.387. The van der Waals surface area contributed by atoms with Crippen LogP contribution in [0.3, 0.4) is 0 Å². The van der Waals surface area contributed by atoms with E-state index in [0.29, 0.717) is 40.6 Å². The molecule has 0 aliphatic carbocycles. The molecule has 2 amide bonds. The van der Waals surface area contributed by atoms with Gasteiger partial charge in [-0.3, -0.25) is 19.0 Å². The summed E-state index contributed by atoms with van der Waals surface area (Å²) in [7, 11) is 0. The van der Waals surface area contributed by atoms with E-state index in [9.17, 15) is 18.8 Å². The van der Waals surface area contributed by atoms with Crippen LogP contribution in [-0.2, 0) is 20.9 Å². The summed E-state index contributed by atoms with van der Waals surface area (Å²) < 4.78 is 21.8. The number of hydrogen-bond acceptors (Lipinski definition) is 7. The third-order valence-electron chi connectivity index (χ3n) is 6.24. The van der Waals surface area contributed by atoms with Crippen LogP contribution in [0.4, 0.5) is 10.1 Å². The van der Waals surface area contributed by atoms with Crippen molar-refractivity contribution in [2.75, 3.05) is 24.2 Å². The number of aromatic nitrogens is 2. The fourth-order valence-corrected chi connectivity index (χ4v) is 6.25. The molecule has 1 aliphatic heterocycles. The van der Waals surface area contributed by atoms with Crippen LogP contribution in [0, 0.1) is 5.82 Å². The van der Waals surface area contributed by atoms with Crippen molar-refractivity contribution in [2.45, 2.75) is 43.5 Å². The van der Waals surface area contributed by atoms with Crippen LogP contribution < -0.4 is 16.2 Å². The van der Waals surface area contributed by atoms with Crippen molar-refractivity contribution >= 4 is 60.9 Å². The maximum absolute atomic E-state index is 13.5. The largest absolute Gasteiger partial charge is 0.376 e. The number of nitrogens with one attached hydrogen (secondary N) is 2. The molecule has 0 radical (unpaired) electrons. The zero-order valence-corrected chi connectivity index (χ0v) is 22.2. The van der Waals surface area contributed by atoms with Crippen LogP contribution in [0.1, 0.15) is 25.7 Å². The highest BCUT2D eigenvalue weighted by Crippen LogP contribution is 2.32. The van der Waals surface area contributed by atoms with Crippen LogP contribution >= 0.6 is 23.1 Å². The first-order valence-corrected chi connectivity index (χ1v) is 14.3. The van der Waals surface area contributed by atoms with E-state index in [-0.39, 0.29) is 41.5 Å². The summed E-state index contributed by atoms with van der Waals surface area (Å²) in [6.45, 7) is 1.53. The number of benzene rings is 2. The van der Waals surface area contributed by atoms with Crippen molar-refractivity contribution in [2.24, 2.45) is 0 Å². The Kier molecular flexibility index (Phi) is 8.35. The predicted molar refractivity (Wildman–Crippen MR) is 148 cm³/mol. The number of anilines is 1. The first-order chi connectivity index (χ1) is 18.5. The molecule has 11 heteroatoms. The molecule has 1 fully saturated rings. The number of fused-ring (bicyclic) bond motifs is 3. The van der Waals surface area contributed by atoms with Gasteiger partial charge in [0.05, 0.1) is 17.4 Å². The molecule has 1 saturated heterocycles. The number of nitrogens with zero attached hydrogens (tertiary/aromatic N) is 2. The summed E-state index contributed by atoms with van der Waals surface area (Å²) in [5.74, 6) is -0.759. The molecule has 2 aromatic heterocycles. The maximum atomic E-state index is 13.5. The molecule has 0 bridgehead atoms. The summed E-state index contributed by atoms with van der Waals surface area (Å²) in [6.07, 6.45) is 2.75. The molecule has 5 rings (SSSR count). The Morgan fingerprint density at radius 2 is 1.97 bits per heavy atom. The fourth-order valence-electron chi connectivity index (χ4n) is 4.34. The lowest BCUT2D eigenvalue weighted by Gasteiger charge is -2.13. The van der Waals surface area contributed by atoms with Crippen LogP contribution in [-0.4, -0.2) is 46.4 Å². The Bertz CT molecular complexity index is 1510. The number of hydrogen-bond donors (Lipinski definition) is 2.